The minimum atomic E-state index is -0.218. The maximum absolute atomic E-state index is 12.0. The van der Waals surface area contributed by atoms with Crippen molar-refractivity contribution in [3.8, 4) is 17.2 Å². The molecule has 2 rings (SSSR count). The molecule has 0 aliphatic heterocycles. The molecule has 150 valence electrons. The predicted octanol–water partition coefficient (Wildman–Crippen LogP) is 3.42. The Morgan fingerprint density at radius 1 is 0.929 bits per heavy atom. The number of carbonyl (C=O) groups is 2. The third kappa shape index (κ3) is 6.61. The van der Waals surface area contributed by atoms with Crippen molar-refractivity contribution in [2.45, 2.75) is 27.2 Å². The molecule has 0 aliphatic rings. The average molecular weight is 385 g/mol. The van der Waals surface area contributed by atoms with Crippen LogP contribution in [0.5, 0.6) is 17.2 Å². The highest BCUT2D eigenvalue weighted by molar-refractivity contribution is 5.94. The predicted molar refractivity (Wildman–Crippen MR) is 107 cm³/mol. The molecule has 0 saturated carbocycles. The summed E-state index contributed by atoms with van der Waals surface area (Å²) in [5.74, 6) is 1.66. The summed E-state index contributed by atoms with van der Waals surface area (Å²) in [6, 6.07) is 12.6. The monoisotopic (exact) mass is 385 g/mol. The molecule has 0 bridgehead atoms. The van der Waals surface area contributed by atoms with E-state index in [4.69, 9.17) is 14.2 Å². The molecule has 6 heteroatoms. The summed E-state index contributed by atoms with van der Waals surface area (Å²) < 4.78 is 16.6. The van der Waals surface area contributed by atoms with Crippen molar-refractivity contribution in [1.29, 1.82) is 0 Å². The smallest absolute Gasteiger partial charge is 0.257 e. The van der Waals surface area contributed by atoms with Crippen LogP contribution in [-0.4, -0.2) is 38.1 Å². The van der Waals surface area contributed by atoms with Gasteiger partial charge in [-0.3, -0.25) is 9.59 Å². The molecule has 1 amide bonds. The molecule has 0 fully saturated rings. The molecular formula is C22H27NO5. The third-order valence-corrected chi connectivity index (χ3v) is 3.95. The van der Waals surface area contributed by atoms with Crippen molar-refractivity contribution in [3.63, 3.8) is 0 Å². The van der Waals surface area contributed by atoms with E-state index >= 15 is 0 Å². The molecule has 0 saturated heterocycles. The van der Waals surface area contributed by atoms with E-state index in [0.29, 0.717) is 43.2 Å². The first-order valence-corrected chi connectivity index (χ1v) is 9.42. The molecule has 0 atom stereocenters. The topological polar surface area (TPSA) is 73.9 Å². The zero-order chi connectivity index (χ0) is 20.4. The van der Waals surface area contributed by atoms with Crippen LogP contribution >= 0.6 is 0 Å². The maximum Gasteiger partial charge on any atom is 0.257 e. The number of benzene rings is 2. The van der Waals surface area contributed by atoms with Gasteiger partial charge in [-0.05, 0) is 57.0 Å². The Bertz CT molecular complexity index is 803. The Hall–Kier alpha value is -3.02. The van der Waals surface area contributed by atoms with Gasteiger partial charge < -0.3 is 19.5 Å². The molecule has 28 heavy (non-hydrogen) atoms. The van der Waals surface area contributed by atoms with E-state index in [2.05, 4.69) is 5.32 Å². The number of ether oxygens (including phenoxy) is 3. The van der Waals surface area contributed by atoms with E-state index in [1.54, 1.807) is 24.3 Å². The third-order valence-electron chi connectivity index (χ3n) is 3.95. The van der Waals surface area contributed by atoms with E-state index in [-0.39, 0.29) is 18.3 Å². The fourth-order valence-corrected chi connectivity index (χ4v) is 2.60. The Morgan fingerprint density at radius 3 is 2.39 bits per heavy atom. The summed E-state index contributed by atoms with van der Waals surface area (Å²) >= 11 is 0. The van der Waals surface area contributed by atoms with Gasteiger partial charge in [0, 0.05) is 12.1 Å². The largest absolute Gasteiger partial charge is 0.490 e. The second-order valence-electron chi connectivity index (χ2n) is 6.12. The van der Waals surface area contributed by atoms with Crippen molar-refractivity contribution < 1.29 is 23.8 Å². The molecule has 2 aromatic rings. The first-order valence-electron chi connectivity index (χ1n) is 9.42. The molecule has 0 unspecified atom stereocenters. The number of carbonyl (C=O) groups excluding carboxylic acids is 2. The minimum absolute atomic E-state index is 0.0447. The van der Waals surface area contributed by atoms with Gasteiger partial charge in [-0.25, -0.2) is 0 Å². The first-order chi connectivity index (χ1) is 13.5. The molecule has 0 heterocycles. The highest BCUT2D eigenvalue weighted by Gasteiger charge is 2.08. The maximum atomic E-state index is 12.0. The number of hydrogen-bond acceptors (Lipinski definition) is 5. The van der Waals surface area contributed by atoms with Crippen LogP contribution in [-0.2, 0) is 11.2 Å². The number of ketones is 1. The van der Waals surface area contributed by atoms with Crippen molar-refractivity contribution in [2.75, 3.05) is 26.4 Å². The highest BCUT2D eigenvalue weighted by atomic mass is 16.5. The lowest BCUT2D eigenvalue weighted by atomic mass is 10.1. The van der Waals surface area contributed by atoms with Gasteiger partial charge in [-0.15, -0.1) is 0 Å². The van der Waals surface area contributed by atoms with E-state index in [0.717, 1.165) is 11.3 Å². The van der Waals surface area contributed by atoms with Gasteiger partial charge in [-0.2, -0.15) is 0 Å². The molecule has 6 nitrogen and oxygen atoms in total. The summed E-state index contributed by atoms with van der Waals surface area (Å²) in [4.78, 5) is 23.4. The lowest BCUT2D eigenvalue weighted by Gasteiger charge is -2.13. The number of nitrogens with one attached hydrogen (secondary N) is 1. The van der Waals surface area contributed by atoms with Gasteiger partial charge in [0.2, 0.25) is 0 Å². The number of amides is 1. The Morgan fingerprint density at radius 2 is 1.68 bits per heavy atom. The first kappa shape index (κ1) is 21.3. The van der Waals surface area contributed by atoms with Gasteiger partial charge in [0.15, 0.2) is 23.9 Å². The lowest BCUT2D eigenvalue weighted by Crippen LogP contribution is -2.30. The molecule has 0 spiro atoms. The van der Waals surface area contributed by atoms with Crippen LogP contribution in [0.15, 0.2) is 42.5 Å². The summed E-state index contributed by atoms with van der Waals surface area (Å²) in [6.07, 6.45) is 0.665. The standard InChI is InChI=1S/C22H27NO5/c1-4-26-20-10-9-17(13-21(20)27-5-2)11-12-23-22(25)15-28-19-8-6-7-18(14-19)16(3)24/h6-10,13-14H,4-5,11-12,15H2,1-3H3,(H,23,25). The van der Waals surface area contributed by atoms with Crippen molar-refractivity contribution >= 4 is 11.7 Å². The summed E-state index contributed by atoms with van der Waals surface area (Å²) in [5.41, 5.74) is 1.60. The fraction of sp³-hybridized carbons (Fsp3) is 0.364. The van der Waals surface area contributed by atoms with E-state index in [1.165, 1.54) is 6.92 Å². The SMILES string of the molecule is CCOc1ccc(CCNC(=O)COc2cccc(C(C)=O)c2)cc1OCC. The molecule has 2 aromatic carbocycles. The summed E-state index contributed by atoms with van der Waals surface area (Å²) in [7, 11) is 0. The summed E-state index contributed by atoms with van der Waals surface area (Å²) in [6.45, 7) is 6.85. The fourth-order valence-electron chi connectivity index (χ4n) is 2.60. The molecular weight excluding hydrogens is 358 g/mol. The lowest BCUT2D eigenvalue weighted by molar-refractivity contribution is -0.123. The Kier molecular flexibility index (Phi) is 8.34. The van der Waals surface area contributed by atoms with Gasteiger partial charge in [0.25, 0.3) is 5.91 Å². The number of rotatable bonds is 11. The number of Topliss-reactive ketones (excluding diaryl/α,β-unsaturated/α-hetero) is 1. The van der Waals surface area contributed by atoms with Gasteiger partial charge in [-0.1, -0.05) is 18.2 Å². The van der Waals surface area contributed by atoms with E-state index < -0.39 is 0 Å². The van der Waals surface area contributed by atoms with Gasteiger partial charge in [0.05, 0.1) is 13.2 Å². The Balaban J connectivity index is 1.81. The normalized spacial score (nSPS) is 10.2. The highest BCUT2D eigenvalue weighted by Crippen LogP contribution is 2.28. The van der Waals surface area contributed by atoms with Crippen LogP contribution in [0.4, 0.5) is 0 Å². The molecule has 0 aromatic heterocycles. The second kappa shape index (κ2) is 11.0. The van der Waals surface area contributed by atoms with Crippen molar-refractivity contribution in [2.24, 2.45) is 0 Å². The van der Waals surface area contributed by atoms with E-state index in [9.17, 15) is 9.59 Å². The van der Waals surface area contributed by atoms with Crippen LogP contribution in [0.2, 0.25) is 0 Å². The van der Waals surface area contributed by atoms with Crippen LogP contribution in [0.3, 0.4) is 0 Å². The Labute approximate surface area is 165 Å². The van der Waals surface area contributed by atoms with E-state index in [1.807, 2.05) is 32.0 Å². The average Bonchev–Trinajstić information content (AvgIpc) is 2.69. The molecule has 0 radical (unpaired) electrons. The number of hydrogen-bond donors (Lipinski definition) is 1. The second-order valence-corrected chi connectivity index (χ2v) is 6.12. The molecule has 1 N–H and O–H groups in total. The van der Waals surface area contributed by atoms with Crippen molar-refractivity contribution in [1.82, 2.24) is 5.32 Å². The van der Waals surface area contributed by atoms with Crippen LogP contribution in [0.1, 0.15) is 36.7 Å². The molecule has 0 aliphatic carbocycles. The van der Waals surface area contributed by atoms with Crippen LogP contribution in [0, 0.1) is 0 Å². The van der Waals surface area contributed by atoms with Crippen molar-refractivity contribution in [3.05, 3.63) is 53.6 Å². The zero-order valence-corrected chi connectivity index (χ0v) is 16.6. The quantitative estimate of drug-likeness (QED) is 0.600. The van der Waals surface area contributed by atoms with Crippen LogP contribution < -0.4 is 19.5 Å². The van der Waals surface area contributed by atoms with Gasteiger partial charge in [0.1, 0.15) is 5.75 Å². The van der Waals surface area contributed by atoms with Gasteiger partial charge >= 0.3 is 0 Å². The van der Waals surface area contributed by atoms with Crippen LogP contribution in [0.25, 0.3) is 0 Å². The summed E-state index contributed by atoms with van der Waals surface area (Å²) in [5, 5.41) is 2.83. The zero-order valence-electron chi connectivity index (χ0n) is 16.6. The minimum Gasteiger partial charge on any atom is -0.490 e.